The van der Waals surface area contributed by atoms with Crippen LogP contribution in [-0.2, 0) is 10.0 Å². The molecule has 9 heteroatoms. The van der Waals surface area contributed by atoms with Crippen LogP contribution in [0.2, 0.25) is 0 Å². The number of carbonyl (C=O) groups is 1. The van der Waals surface area contributed by atoms with Gasteiger partial charge in [-0.2, -0.15) is 0 Å². The fourth-order valence-electron chi connectivity index (χ4n) is 2.18. The summed E-state index contributed by atoms with van der Waals surface area (Å²) in [6.45, 7) is 1.70. The second-order valence-electron chi connectivity index (χ2n) is 5.03. The van der Waals surface area contributed by atoms with Crippen LogP contribution in [0.4, 0.5) is 10.1 Å². The maximum Gasteiger partial charge on any atom is 0.282 e. The van der Waals surface area contributed by atoms with Crippen LogP contribution in [0.3, 0.4) is 0 Å². The van der Waals surface area contributed by atoms with Crippen molar-refractivity contribution >= 4 is 44.7 Å². The van der Waals surface area contributed by atoms with Gasteiger partial charge in [0.05, 0.1) is 27.6 Å². The average Bonchev–Trinajstić information content (AvgIpc) is 3.04. The Balaban J connectivity index is 2.53. The number of sulfonamides is 1. The number of ether oxygens (including phenoxy) is 1. The lowest BCUT2D eigenvalue weighted by atomic mass is 10.3. The third kappa shape index (κ3) is 4.34. The predicted molar refractivity (Wildman–Crippen MR) is 99.9 cm³/mol. The van der Waals surface area contributed by atoms with Crippen LogP contribution >= 0.6 is 23.1 Å². The molecule has 0 radical (unpaired) electrons. The van der Waals surface area contributed by atoms with Crippen LogP contribution in [0, 0.1) is 5.82 Å². The monoisotopic (exact) mass is 403 g/mol. The number of benzene rings is 1. The fraction of sp³-hybridized carbons (Fsp3) is 0.312. The number of halogens is 1. The molecule has 0 aliphatic rings. The number of thioether (sulfide) groups is 1. The zero-order valence-electron chi connectivity index (χ0n) is 14.0. The Kier molecular flexibility index (Phi) is 6.47. The molecule has 0 saturated heterocycles. The van der Waals surface area contributed by atoms with E-state index in [-0.39, 0.29) is 22.1 Å². The lowest BCUT2D eigenvalue weighted by Crippen LogP contribution is -2.38. The maximum absolute atomic E-state index is 14.1. The first-order chi connectivity index (χ1) is 11.8. The number of methoxy groups -OCH3 is 1. The van der Waals surface area contributed by atoms with Gasteiger partial charge >= 0.3 is 0 Å². The fourth-order valence-corrected chi connectivity index (χ4v) is 5.20. The van der Waals surface area contributed by atoms with E-state index in [1.165, 1.54) is 42.3 Å². The number of hydrogen-bond acceptors (Lipinski definition) is 6. The molecule has 136 valence electrons. The third-order valence-corrected chi connectivity index (χ3v) is 7.30. The summed E-state index contributed by atoms with van der Waals surface area (Å²) in [5.74, 6) is -1.67. The molecule has 25 heavy (non-hydrogen) atoms. The van der Waals surface area contributed by atoms with E-state index in [2.05, 4.69) is 0 Å². The van der Waals surface area contributed by atoms with Crippen molar-refractivity contribution in [3.8, 4) is 5.75 Å². The molecular formula is C16H18FNO4S3. The number of nitrogens with zero attached hydrogens (tertiary/aromatic N) is 1. The summed E-state index contributed by atoms with van der Waals surface area (Å²) in [5.41, 5.74) is -0.0455. The largest absolute Gasteiger partial charge is 0.494 e. The number of thiophene rings is 1. The molecule has 1 aromatic carbocycles. The molecule has 0 fully saturated rings. The second kappa shape index (κ2) is 8.20. The van der Waals surface area contributed by atoms with E-state index in [0.717, 1.165) is 10.3 Å². The van der Waals surface area contributed by atoms with Gasteiger partial charge in [0.2, 0.25) is 10.0 Å². The van der Waals surface area contributed by atoms with Gasteiger partial charge in [0.1, 0.15) is 0 Å². The van der Waals surface area contributed by atoms with Crippen molar-refractivity contribution in [2.24, 2.45) is 0 Å². The zero-order chi connectivity index (χ0) is 18.6. The summed E-state index contributed by atoms with van der Waals surface area (Å²) in [6, 6.07) is 6.98. The van der Waals surface area contributed by atoms with Crippen LogP contribution in [0.5, 0.6) is 5.75 Å². The Morgan fingerprint density at radius 2 is 2.04 bits per heavy atom. The lowest BCUT2D eigenvalue weighted by Gasteiger charge is -2.22. The van der Waals surface area contributed by atoms with Gasteiger partial charge in [-0.15, -0.1) is 23.1 Å². The summed E-state index contributed by atoms with van der Waals surface area (Å²) in [5, 5.41) is 0. The van der Waals surface area contributed by atoms with Crippen molar-refractivity contribution in [3.05, 3.63) is 41.0 Å². The number of rotatable bonds is 7. The minimum atomic E-state index is -3.93. The van der Waals surface area contributed by atoms with E-state index in [0.29, 0.717) is 10.7 Å². The van der Waals surface area contributed by atoms with Gasteiger partial charge in [0, 0.05) is 6.07 Å². The van der Waals surface area contributed by atoms with Crippen molar-refractivity contribution in [1.82, 2.24) is 0 Å². The highest BCUT2D eigenvalue weighted by Gasteiger charge is 2.31. The molecule has 5 nitrogen and oxygen atoms in total. The summed E-state index contributed by atoms with van der Waals surface area (Å²) in [6.07, 6.45) is 2.20. The van der Waals surface area contributed by atoms with Crippen LogP contribution in [0.25, 0.3) is 0 Å². The molecule has 1 heterocycles. The topological polar surface area (TPSA) is 63.7 Å². The highest BCUT2D eigenvalue weighted by molar-refractivity contribution is 8.00. The quantitative estimate of drug-likeness (QED) is 0.654. The number of carbonyl (C=O) groups excluding carboxylic acids is 1. The summed E-state index contributed by atoms with van der Waals surface area (Å²) >= 11 is 2.66. The summed E-state index contributed by atoms with van der Waals surface area (Å²) in [7, 11) is -2.62. The molecule has 0 unspecified atom stereocenters. The van der Waals surface area contributed by atoms with Gasteiger partial charge in [-0.05, 0) is 36.9 Å². The highest BCUT2D eigenvalue weighted by Crippen LogP contribution is 2.31. The van der Waals surface area contributed by atoms with Gasteiger partial charge in [0.25, 0.3) is 5.91 Å². The van der Waals surface area contributed by atoms with E-state index < -0.39 is 21.7 Å². The van der Waals surface area contributed by atoms with E-state index in [1.807, 2.05) is 6.26 Å². The maximum atomic E-state index is 14.1. The molecule has 2 aromatic rings. The minimum absolute atomic E-state index is 0.0233. The van der Waals surface area contributed by atoms with E-state index in [4.69, 9.17) is 4.74 Å². The molecule has 0 saturated carbocycles. The summed E-state index contributed by atoms with van der Waals surface area (Å²) in [4.78, 5) is 13.1. The molecule has 0 bridgehead atoms. The molecule has 0 spiro atoms. The Morgan fingerprint density at radius 1 is 1.32 bits per heavy atom. The van der Waals surface area contributed by atoms with Crippen LogP contribution in [-0.4, -0.2) is 33.4 Å². The predicted octanol–water partition coefficient (Wildman–Crippen LogP) is 4.00. The van der Waals surface area contributed by atoms with Crippen molar-refractivity contribution in [3.63, 3.8) is 0 Å². The lowest BCUT2D eigenvalue weighted by molar-refractivity contribution is 0.101. The van der Waals surface area contributed by atoms with Gasteiger partial charge in [0.15, 0.2) is 11.6 Å². The van der Waals surface area contributed by atoms with Gasteiger partial charge < -0.3 is 4.74 Å². The number of hydrogen-bond donors (Lipinski definition) is 0. The van der Waals surface area contributed by atoms with Gasteiger partial charge in [-0.1, -0.05) is 6.92 Å². The normalized spacial score (nSPS) is 11.4. The first-order valence-electron chi connectivity index (χ1n) is 7.38. The zero-order valence-corrected chi connectivity index (χ0v) is 16.4. The van der Waals surface area contributed by atoms with Crippen molar-refractivity contribution < 1.29 is 22.3 Å². The van der Waals surface area contributed by atoms with Crippen LogP contribution < -0.4 is 9.04 Å². The highest BCUT2D eigenvalue weighted by atomic mass is 32.2. The third-order valence-electron chi connectivity index (χ3n) is 3.29. The number of anilines is 1. The molecule has 0 atom stereocenters. The first-order valence-corrected chi connectivity index (χ1v) is 11.0. The Morgan fingerprint density at radius 3 is 2.56 bits per heavy atom. The summed E-state index contributed by atoms with van der Waals surface area (Å²) < 4.78 is 45.7. The van der Waals surface area contributed by atoms with Crippen LogP contribution in [0.15, 0.2) is 34.5 Å². The Bertz CT molecular complexity index is 864. The average molecular weight is 404 g/mol. The molecular weight excluding hydrogens is 385 g/mol. The Hall–Kier alpha value is -1.58. The van der Waals surface area contributed by atoms with Gasteiger partial charge in [-0.25, -0.2) is 17.1 Å². The minimum Gasteiger partial charge on any atom is -0.494 e. The molecule has 0 N–H and O–H groups in total. The molecule has 1 aromatic heterocycles. The second-order valence-corrected chi connectivity index (χ2v) is 9.15. The molecule has 2 rings (SSSR count). The van der Waals surface area contributed by atoms with E-state index in [9.17, 15) is 17.6 Å². The van der Waals surface area contributed by atoms with Crippen molar-refractivity contribution in [2.45, 2.75) is 17.6 Å². The SMILES string of the molecule is CCCS(=O)(=O)N(C(=O)c1ccc(SC)s1)c1ccc(OC)c(F)c1. The first kappa shape index (κ1) is 19.7. The molecule has 0 aliphatic heterocycles. The smallest absolute Gasteiger partial charge is 0.282 e. The number of amides is 1. The van der Waals surface area contributed by atoms with Crippen molar-refractivity contribution in [1.29, 1.82) is 0 Å². The molecule has 1 amide bonds. The molecule has 0 aliphatic carbocycles. The standard InChI is InChI=1S/C16H18FNO4S3/c1-4-9-25(20,21)18(11-5-6-13(22-2)12(17)10-11)16(19)14-7-8-15(23-3)24-14/h5-8,10H,4,9H2,1-3H3. The Labute approximate surface area is 154 Å². The van der Waals surface area contributed by atoms with Crippen molar-refractivity contribution in [2.75, 3.05) is 23.4 Å². The van der Waals surface area contributed by atoms with Crippen LogP contribution in [0.1, 0.15) is 23.0 Å². The van der Waals surface area contributed by atoms with E-state index in [1.54, 1.807) is 19.1 Å². The van der Waals surface area contributed by atoms with E-state index >= 15 is 0 Å². The van der Waals surface area contributed by atoms with Gasteiger partial charge in [-0.3, -0.25) is 4.79 Å².